The van der Waals surface area contributed by atoms with Gasteiger partial charge in [0, 0.05) is 17.6 Å². The second kappa shape index (κ2) is 8.62. The summed E-state index contributed by atoms with van der Waals surface area (Å²) in [4.78, 5) is 0. The van der Waals surface area contributed by atoms with Gasteiger partial charge in [0.25, 0.3) is 0 Å². The topological polar surface area (TPSA) is 21.3 Å². The van der Waals surface area contributed by atoms with Crippen LogP contribution in [0.15, 0.2) is 33.8 Å². The standard InChI is InChI=1S/C15H21BrClNO/c1-11(2)8-18-9-13-5-4-6-14(16)15(13)19-10-12(3)7-17/h4-7,11,18H,8-10H2,1-3H3/b12-7+. The molecule has 0 radical (unpaired) electrons. The van der Waals surface area contributed by atoms with Crippen LogP contribution in [0.25, 0.3) is 0 Å². The third kappa shape index (κ3) is 5.98. The summed E-state index contributed by atoms with van der Waals surface area (Å²) >= 11 is 9.18. The third-order valence-electron chi connectivity index (χ3n) is 2.55. The van der Waals surface area contributed by atoms with Gasteiger partial charge in [-0.1, -0.05) is 37.6 Å². The van der Waals surface area contributed by atoms with Crippen LogP contribution in [0.5, 0.6) is 5.75 Å². The lowest BCUT2D eigenvalue weighted by atomic mass is 10.2. The summed E-state index contributed by atoms with van der Waals surface area (Å²) in [6.07, 6.45) is 0. The van der Waals surface area contributed by atoms with Crippen molar-refractivity contribution in [1.29, 1.82) is 0 Å². The molecule has 4 heteroatoms. The summed E-state index contributed by atoms with van der Waals surface area (Å²) in [5.41, 5.74) is 3.70. The van der Waals surface area contributed by atoms with Crippen LogP contribution in [0, 0.1) is 5.92 Å². The molecular weight excluding hydrogens is 326 g/mol. The first kappa shape index (κ1) is 16.5. The first-order valence-corrected chi connectivity index (χ1v) is 7.64. The van der Waals surface area contributed by atoms with Gasteiger partial charge < -0.3 is 10.1 Å². The molecule has 0 aliphatic rings. The van der Waals surface area contributed by atoms with E-state index in [1.807, 2.05) is 19.1 Å². The third-order valence-corrected chi connectivity index (χ3v) is 3.54. The van der Waals surface area contributed by atoms with Gasteiger partial charge in [-0.3, -0.25) is 0 Å². The molecule has 0 saturated carbocycles. The fourth-order valence-electron chi connectivity index (χ4n) is 1.57. The molecule has 1 rings (SSSR count). The van der Waals surface area contributed by atoms with E-state index in [0.717, 1.165) is 34.4 Å². The Morgan fingerprint density at radius 1 is 1.47 bits per heavy atom. The van der Waals surface area contributed by atoms with E-state index < -0.39 is 0 Å². The van der Waals surface area contributed by atoms with Gasteiger partial charge in [-0.05, 0) is 47.0 Å². The fraction of sp³-hybridized carbons (Fsp3) is 0.467. The quantitative estimate of drug-likeness (QED) is 0.771. The summed E-state index contributed by atoms with van der Waals surface area (Å²) in [5, 5.41) is 3.43. The van der Waals surface area contributed by atoms with Gasteiger partial charge in [-0.25, -0.2) is 0 Å². The Labute approximate surface area is 129 Å². The molecule has 0 aliphatic heterocycles. The number of rotatable bonds is 7. The smallest absolute Gasteiger partial charge is 0.138 e. The molecule has 106 valence electrons. The Kier molecular flexibility index (Phi) is 7.51. The lowest BCUT2D eigenvalue weighted by molar-refractivity contribution is 0.345. The lowest BCUT2D eigenvalue weighted by Crippen LogP contribution is -2.19. The molecule has 0 amide bonds. The lowest BCUT2D eigenvalue weighted by Gasteiger charge is -2.14. The highest BCUT2D eigenvalue weighted by Gasteiger charge is 2.08. The van der Waals surface area contributed by atoms with Gasteiger partial charge in [-0.15, -0.1) is 0 Å². The molecule has 0 aliphatic carbocycles. The first-order chi connectivity index (χ1) is 9.04. The average molecular weight is 347 g/mol. The summed E-state index contributed by atoms with van der Waals surface area (Å²) < 4.78 is 6.81. The Bertz CT molecular complexity index is 432. The number of benzene rings is 1. The van der Waals surface area contributed by atoms with Crippen molar-refractivity contribution in [2.45, 2.75) is 27.3 Å². The number of halogens is 2. The summed E-state index contributed by atoms with van der Waals surface area (Å²) in [6.45, 7) is 8.63. The molecule has 0 fully saturated rings. The average Bonchev–Trinajstić information content (AvgIpc) is 2.37. The first-order valence-electron chi connectivity index (χ1n) is 6.41. The number of hydrogen-bond donors (Lipinski definition) is 1. The van der Waals surface area contributed by atoms with E-state index in [1.54, 1.807) is 5.54 Å². The Hall–Kier alpha value is -0.510. The highest BCUT2D eigenvalue weighted by molar-refractivity contribution is 9.10. The molecular formula is C15H21BrClNO. The normalized spacial score (nSPS) is 12.0. The number of para-hydroxylation sites is 1. The molecule has 0 unspecified atom stereocenters. The molecule has 0 bridgehead atoms. The van der Waals surface area contributed by atoms with Crippen LogP contribution in [0.1, 0.15) is 26.3 Å². The SMILES string of the molecule is C/C(=C\Cl)COc1c(Br)cccc1CNCC(C)C. The molecule has 19 heavy (non-hydrogen) atoms. The maximum absolute atomic E-state index is 5.84. The van der Waals surface area contributed by atoms with Crippen molar-refractivity contribution < 1.29 is 4.74 Å². The zero-order valence-electron chi connectivity index (χ0n) is 11.7. The molecule has 0 saturated heterocycles. The molecule has 0 heterocycles. The molecule has 1 N–H and O–H groups in total. The Balaban J connectivity index is 2.71. The second-order valence-corrected chi connectivity index (χ2v) is 6.07. The van der Waals surface area contributed by atoms with Crippen LogP contribution in [0.3, 0.4) is 0 Å². The predicted molar refractivity (Wildman–Crippen MR) is 85.8 cm³/mol. The van der Waals surface area contributed by atoms with Crippen LogP contribution in [0.2, 0.25) is 0 Å². The molecule has 0 atom stereocenters. The van der Waals surface area contributed by atoms with E-state index in [0.29, 0.717) is 12.5 Å². The van der Waals surface area contributed by atoms with Gasteiger partial charge >= 0.3 is 0 Å². The number of ether oxygens (including phenoxy) is 1. The largest absolute Gasteiger partial charge is 0.488 e. The molecule has 2 nitrogen and oxygen atoms in total. The van der Waals surface area contributed by atoms with Gasteiger partial charge in [0.15, 0.2) is 0 Å². The van der Waals surface area contributed by atoms with E-state index >= 15 is 0 Å². The van der Waals surface area contributed by atoms with Gasteiger partial charge in [-0.2, -0.15) is 0 Å². The minimum Gasteiger partial charge on any atom is -0.488 e. The van der Waals surface area contributed by atoms with E-state index in [1.165, 1.54) is 0 Å². The second-order valence-electron chi connectivity index (χ2n) is 5.00. The van der Waals surface area contributed by atoms with Gasteiger partial charge in [0.05, 0.1) is 4.47 Å². The maximum atomic E-state index is 5.84. The highest BCUT2D eigenvalue weighted by Crippen LogP contribution is 2.29. The summed E-state index contributed by atoms with van der Waals surface area (Å²) in [6, 6.07) is 6.09. The molecule has 1 aromatic rings. The van der Waals surface area contributed by atoms with Crippen LogP contribution in [-0.4, -0.2) is 13.2 Å². The zero-order valence-corrected chi connectivity index (χ0v) is 14.0. The minimum absolute atomic E-state index is 0.503. The summed E-state index contributed by atoms with van der Waals surface area (Å²) in [5.74, 6) is 1.52. The van der Waals surface area contributed by atoms with Crippen molar-refractivity contribution in [2.75, 3.05) is 13.2 Å². The maximum Gasteiger partial charge on any atom is 0.138 e. The van der Waals surface area contributed by atoms with Crippen LogP contribution in [-0.2, 0) is 6.54 Å². The van der Waals surface area contributed by atoms with Gasteiger partial charge in [0.1, 0.15) is 12.4 Å². The highest BCUT2D eigenvalue weighted by atomic mass is 79.9. The predicted octanol–water partition coefficient (Wildman–Crippen LogP) is 4.72. The van der Waals surface area contributed by atoms with E-state index in [4.69, 9.17) is 16.3 Å². The van der Waals surface area contributed by atoms with Crippen molar-refractivity contribution >= 4 is 27.5 Å². The van der Waals surface area contributed by atoms with Crippen LogP contribution < -0.4 is 10.1 Å². The molecule has 1 aromatic carbocycles. The van der Waals surface area contributed by atoms with Crippen molar-refractivity contribution in [3.05, 3.63) is 39.3 Å². The van der Waals surface area contributed by atoms with Crippen molar-refractivity contribution in [1.82, 2.24) is 5.32 Å². The van der Waals surface area contributed by atoms with Crippen molar-refractivity contribution in [3.8, 4) is 5.75 Å². The van der Waals surface area contributed by atoms with Crippen molar-refractivity contribution in [2.24, 2.45) is 5.92 Å². The molecule has 0 spiro atoms. The van der Waals surface area contributed by atoms with Gasteiger partial charge in [0.2, 0.25) is 0 Å². The Morgan fingerprint density at radius 2 is 2.21 bits per heavy atom. The van der Waals surface area contributed by atoms with E-state index in [9.17, 15) is 0 Å². The fourth-order valence-corrected chi connectivity index (χ4v) is 2.15. The minimum atomic E-state index is 0.503. The Morgan fingerprint density at radius 3 is 2.84 bits per heavy atom. The number of nitrogens with one attached hydrogen (secondary N) is 1. The van der Waals surface area contributed by atoms with Crippen LogP contribution >= 0.6 is 27.5 Å². The monoisotopic (exact) mass is 345 g/mol. The van der Waals surface area contributed by atoms with Crippen LogP contribution in [0.4, 0.5) is 0 Å². The molecule has 0 aromatic heterocycles. The van der Waals surface area contributed by atoms with E-state index in [-0.39, 0.29) is 0 Å². The summed E-state index contributed by atoms with van der Waals surface area (Å²) in [7, 11) is 0. The van der Waals surface area contributed by atoms with Crippen molar-refractivity contribution in [3.63, 3.8) is 0 Å². The number of hydrogen-bond acceptors (Lipinski definition) is 2. The van der Waals surface area contributed by atoms with E-state index in [2.05, 4.69) is 41.2 Å². The zero-order chi connectivity index (χ0) is 14.3.